The zero-order valence-corrected chi connectivity index (χ0v) is 12.6. The van der Waals surface area contributed by atoms with Gasteiger partial charge in [0.1, 0.15) is 0 Å². The molecule has 0 saturated heterocycles. The molecule has 0 spiro atoms. The third-order valence-corrected chi connectivity index (χ3v) is 3.13. The fourth-order valence-electron chi connectivity index (χ4n) is 1.74. The lowest BCUT2D eigenvalue weighted by atomic mass is 10.1. The van der Waals surface area contributed by atoms with Crippen LogP contribution in [0.4, 0.5) is 5.69 Å². The second kappa shape index (κ2) is 6.82. The minimum Gasteiger partial charge on any atom is -0.478 e. The number of amides is 1. The SMILES string of the molecule is Cc1ccc(C(=O)NC(=S)Nc2ccc(C(=O)O)cc2)cc1. The molecule has 0 atom stereocenters. The maximum atomic E-state index is 12.0. The summed E-state index contributed by atoms with van der Waals surface area (Å²) in [6.45, 7) is 1.94. The van der Waals surface area contributed by atoms with E-state index in [1.165, 1.54) is 12.1 Å². The van der Waals surface area contributed by atoms with Gasteiger partial charge in [-0.25, -0.2) is 4.79 Å². The number of benzene rings is 2. The lowest BCUT2D eigenvalue weighted by Gasteiger charge is -2.10. The molecule has 0 aliphatic heterocycles. The maximum Gasteiger partial charge on any atom is 0.335 e. The van der Waals surface area contributed by atoms with Crippen molar-refractivity contribution in [3.05, 3.63) is 65.2 Å². The van der Waals surface area contributed by atoms with Gasteiger partial charge in [0.05, 0.1) is 5.56 Å². The zero-order valence-electron chi connectivity index (χ0n) is 11.8. The fourth-order valence-corrected chi connectivity index (χ4v) is 1.95. The van der Waals surface area contributed by atoms with Crippen LogP contribution in [-0.4, -0.2) is 22.1 Å². The molecular formula is C16H14N2O3S. The Bertz CT molecular complexity index is 709. The van der Waals surface area contributed by atoms with E-state index in [-0.39, 0.29) is 16.6 Å². The lowest BCUT2D eigenvalue weighted by molar-refractivity contribution is 0.0696. The van der Waals surface area contributed by atoms with Crippen molar-refractivity contribution in [3.63, 3.8) is 0 Å². The monoisotopic (exact) mass is 314 g/mol. The Morgan fingerprint density at radius 2 is 1.50 bits per heavy atom. The molecule has 3 N–H and O–H groups in total. The second-order valence-corrected chi connectivity index (χ2v) is 5.07. The summed E-state index contributed by atoms with van der Waals surface area (Å²) < 4.78 is 0. The van der Waals surface area contributed by atoms with Crippen LogP contribution in [0, 0.1) is 6.92 Å². The molecule has 2 aromatic carbocycles. The van der Waals surface area contributed by atoms with Crippen molar-refractivity contribution in [2.75, 3.05) is 5.32 Å². The van der Waals surface area contributed by atoms with Crippen LogP contribution >= 0.6 is 12.2 Å². The predicted molar refractivity (Wildman–Crippen MR) is 88.3 cm³/mol. The van der Waals surface area contributed by atoms with E-state index in [0.29, 0.717) is 11.3 Å². The van der Waals surface area contributed by atoms with Crippen LogP contribution in [0.2, 0.25) is 0 Å². The van der Waals surface area contributed by atoms with Gasteiger partial charge in [0.15, 0.2) is 5.11 Å². The number of nitrogens with one attached hydrogen (secondary N) is 2. The second-order valence-electron chi connectivity index (χ2n) is 4.66. The van der Waals surface area contributed by atoms with Crippen molar-refractivity contribution >= 4 is 34.9 Å². The molecule has 2 rings (SSSR count). The summed E-state index contributed by atoms with van der Waals surface area (Å²) in [6, 6.07) is 13.2. The van der Waals surface area contributed by atoms with Crippen molar-refractivity contribution < 1.29 is 14.7 Å². The molecule has 0 bridgehead atoms. The molecule has 0 fully saturated rings. The summed E-state index contributed by atoms with van der Waals surface area (Å²) in [6.07, 6.45) is 0. The molecule has 0 aromatic heterocycles. The topological polar surface area (TPSA) is 78.4 Å². The largest absolute Gasteiger partial charge is 0.478 e. The van der Waals surface area contributed by atoms with E-state index in [0.717, 1.165) is 5.56 Å². The highest BCUT2D eigenvalue weighted by atomic mass is 32.1. The van der Waals surface area contributed by atoms with Gasteiger partial charge in [0, 0.05) is 11.3 Å². The number of rotatable bonds is 3. The molecule has 0 radical (unpaired) electrons. The molecule has 0 unspecified atom stereocenters. The van der Waals surface area contributed by atoms with Gasteiger partial charge in [-0.05, 0) is 55.5 Å². The first kappa shape index (κ1) is 15.7. The third kappa shape index (κ3) is 4.13. The fraction of sp³-hybridized carbons (Fsp3) is 0.0625. The number of thiocarbonyl (C=S) groups is 1. The van der Waals surface area contributed by atoms with Crippen molar-refractivity contribution in [1.82, 2.24) is 5.32 Å². The Kier molecular flexibility index (Phi) is 4.85. The number of carbonyl (C=O) groups is 2. The standard InChI is InChI=1S/C16H14N2O3S/c1-10-2-4-11(5-3-10)14(19)18-16(22)17-13-8-6-12(7-9-13)15(20)21/h2-9H,1H3,(H,20,21)(H2,17,18,19,22). The Morgan fingerprint density at radius 3 is 2.05 bits per heavy atom. The minimum absolute atomic E-state index is 0.147. The highest BCUT2D eigenvalue weighted by Gasteiger charge is 2.08. The maximum absolute atomic E-state index is 12.0. The van der Waals surface area contributed by atoms with Gasteiger partial charge >= 0.3 is 5.97 Å². The van der Waals surface area contributed by atoms with Crippen LogP contribution in [0.15, 0.2) is 48.5 Å². The van der Waals surface area contributed by atoms with Gasteiger partial charge in [-0.3, -0.25) is 10.1 Å². The van der Waals surface area contributed by atoms with Crippen LogP contribution in [0.25, 0.3) is 0 Å². The Balaban J connectivity index is 1.96. The Labute approximate surface area is 133 Å². The number of hydrogen-bond donors (Lipinski definition) is 3. The van der Waals surface area contributed by atoms with E-state index in [1.807, 2.05) is 19.1 Å². The Morgan fingerprint density at radius 1 is 0.955 bits per heavy atom. The molecule has 112 valence electrons. The smallest absolute Gasteiger partial charge is 0.335 e. The van der Waals surface area contributed by atoms with Crippen LogP contribution in [0.1, 0.15) is 26.3 Å². The first-order chi connectivity index (χ1) is 10.5. The summed E-state index contributed by atoms with van der Waals surface area (Å²) in [5, 5.41) is 14.4. The van der Waals surface area contributed by atoms with Crippen molar-refractivity contribution in [3.8, 4) is 0 Å². The van der Waals surface area contributed by atoms with E-state index in [1.54, 1.807) is 24.3 Å². The van der Waals surface area contributed by atoms with Gasteiger partial charge < -0.3 is 10.4 Å². The van der Waals surface area contributed by atoms with E-state index >= 15 is 0 Å². The lowest BCUT2D eigenvalue weighted by Crippen LogP contribution is -2.34. The highest BCUT2D eigenvalue weighted by Crippen LogP contribution is 2.09. The van der Waals surface area contributed by atoms with Gasteiger partial charge in [-0.15, -0.1) is 0 Å². The average molecular weight is 314 g/mol. The molecule has 0 saturated carbocycles. The minimum atomic E-state index is -0.998. The first-order valence-corrected chi connectivity index (χ1v) is 6.89. The van der Waals surface area contributed by atoms with Gasteiger partial charge in [-0.2, -0.15) is 0 Å². The summed E-state index contributed by atoms with van der Waals surface area (Å²) in [4.78, 5) is 22.7. The first-order valence-electron chi connectivity index (χ1n) is 6.48. The van der Waals surface area contributed by atoms with E-state index in [2.05, 4.69) is 10.6 Å². The molecule has 1 amide bonds. The van der Waals surface area contributed by atoms with Crippen molar-refractivity contribution in [2.24, 2.45) is 0 Å². The molecular weight excluding hydrogens is 300 g/mol. The number of hydrogen-bond acceptors (Lipinski definition) is 3. The molecule has 0 aliphatic carbocycles. The molecule has 2 aromatic rings. The molecule has 5 nitrogen and oxygen atoms in total. The Hall–Kier alpha value is -2.73. The average Bonchev–Trinajstić information content (AvgIpc) is 2.48. The van der Waals surface area contributed by atoms with Gasteiger partial charge in [0.25, 0.3) is 5.91 Å². The third-order valence-electron chi connectivity index (χ3n) is 2.93. The molecule has 0 aliphatic rings. The van der Waals surface area contributed by atoms with Gasteiger partial charge in [-0.1, -0.05) is 17.7 Å². The van der Waals surface area contributed by atoms with Crippen LogP contribution < -0.4 is 10.6 Å². The number of carbonyl (C=O) groups excluding carboxylic acids is 1. The predicted octanol–water partition coefficient (Wildman–Crippen LogP) is 2.82. The number of carboxylic acid groups (broad SMARTS) is 1. The quantitative estimate of drug-likeness (QED) is 0.759. The number of aryl methyl sites for hydroxylation is 1. The van der Waals surface area contributed by atoms with E-state index < -0.39 is 5.97 Å². The van der Waals surface area contributed by atoms with Crippen molar-refractivity contribution in [2.45, 2.75) is 6.92 Å². The van der Waals surface area contributed by atoms with Crippen LogP contribution in [0.5, 0.6) is 0 Å². The number of aromatic carboxylic acids is 1. The summed E-state index contributed by atoms with van der Waals surface area (Å²) in [7, 11) is 0. The van der Waals surface area contributed by atoms with E-state index in [9.17, 15) is 9.59 Å². The number of carboxylic acids is 1. The summed E-state index contributed by atoms with van der Waals surface area (Å²) >= 11 is 5.06. The summed E-state index contributed by atoms with van der Waals surface area (Å²) in [5.74, 6) is -1.30. The summed E-state index contributed by atoms with van der Waals surface area (Å²) in [5.41, 5.74) is 2.35. The van der Waals surface area contributed by atoms with Crippen LogP contribution in [-0.2, 0) is 0 Å². The normalized spacial score (nSPS) is 9.86. The zero-order chi connectivity index (χ0) is 16.1. The molecule has 0 heterocycles. The number of anilines is 1. The van der Waals surface area contributed by atoms with Crippen LogP contribution in [0.3, 0.4) is 0 Å². The molecule has 22 heavy (non-hydrogen) atoms. The van der Waals surface area contributed by atoms with E-state index in [4.69, 9.17) is 17.3 Å². The van der Waals surface area contributed by atoms with Crippen molar-refractivity contribution in [1.29, 1.82) is 0 Å². The highest BCUT2D eigenvalue weighted by molar-refractivity contribution is 7.80. The van der Waals surface area contributed by atoms with Gasteiger partial charge in [0.2, 0.25) is 0 Å². The molecule has 6 heteroatoms.